The number of rotatable bonds is 2. The summed E-state index contributed by atoms with van der Waals surface area (Å²) in [6.07, 6.45) is 0.614. The van der Waals surface area contributed by atoms with Crippen LogP contribution >= 0.6 is 0 Å². The molecule has 0 aromatic carbocycles. The second-order valence-corrected chi connectivity index (χ2v) is 4.89. The Morgan fingerprint density at radius 1 is 1.31 bits per heavy atom. The van der Waals surface area contributed by atoms with Crippen molar-refractivity contribution in [1.82, 2.24) is 0 Å². The molecule has 2 aliphatic heterocycles. The lowest BCUT2D eigenvalue weighted by Gasteiger charge is -2.37. The van der Waals surface area contributed by atoms with Gasteiger partial charge >= 0.3 is 5.97 Å². The summed E-state index contributed by atoms with van der Waals surface area (Å²) in [6.45, 7) is 4.92. The molecule has 5 heteroatoms. The Hall–Kier alpha value is -0.650. The highest BCUT2D eigenvalue weighted by atomic mass is 16.7. The van der Waals surface area contributed by atoms with E-state index in [4.69, 9.17) is 14.2 Å². The SMILES string of the molecule is CC1(C)OCC(C2(C(=O)O)CCOCC2)O1. The molecule has 1 atom stereocenters. The van der Waals surface area contributed by atoms with Crippen LogP contribution in [0, 0.1) is 5.41 Å². The van der Waals surface area contributed by atoms with Crippen molar-refractivity contribution in [2.24, 2.45) is 5.41 Å². The minimum absolute atomic E-state index is 0.347. The quantitative estimate of drug-likeness (QED) is 0.767. The van der Waals surface area contributed by atoms with E-state index in [2.05, 4.69) is 0 Å². The van der Waals surface area contributed by atoms with E-state index in [9.17, 15) is 9.90 Å². The minimum Gasteiger partial charge on any atom is -0.481 e. The highest BCUT2D eigenvalue weighted by Gasteiger charge is 2.52. The molecule has 0 aromatic rings. The molecule has 0 bridgehead atoms. The van der Waals surface area contributed by atoms with Crippen LogP contribution in [0.3, 0.4) is 0 Å². The van der Waals surface area contributed by atoms with Gasteiger partial charge < -0.3 is 19.3 Å². The second-order valence-electron chi connectivity index (χ2n) is 4.89. The van der Waals surface area contributed by atoms with Crippen LogP contribution < -0.4 is 0 Å². The molecule has 0 amide bonds. The average molecular weight is 230 g/mol. The number of hydrogen-bond donors (Lipinski definition) is 1. The third-order valence-corrected chi connectivity index (χ3v) is 3.44. The third kappa shape index (κ3) is 1.95. The van der Waals surface area contributed by atoms with Gasteiger partial charge in [-0.05, 0) is 26.7 Å². The first-order valence-electron chi connectivity index (χ1n) is 5.59. The molecule has 2 heterocycles. The standard InChI is InChI=1S/C11H18O5/c1-10(2)15-7-8(16-10)11(9(12)13)3-5-14-6-4-11/h8H,3-7H2,1-2H3,(H,12,13). The molecule has 2 saturated heterocycles. The molecular formula is C11H18O5. The molecule has 16 heavy (non-hydrogen) atoms. The zero-order chi connectivity index (χ0) is 11.8. The van der Waals surface area contributed by atoms with Crippen molar-refractivity contribution in [3.05, 3.63) is 0 Å². The van der Waals surface area contributed by atoms with E-state index >= 15 is 0 Å². The van der Waals surface area contributed by atoms with E-state index in [0.29, 0.717) is 32.7 Å². The van der Waals surface area contributed by atoms with Crippen molar-refractivity contribution >= 4 is 5.97 Å². The monoisotopic (exact) mass is 230 g/mol. The smallest absolute Gasteiger partial charge is 0.312 e. The topological polar surface area (TPSA) is 65.0 Å². The normalized spacial score (nSPS) is 32.5. The summed E-state index contributed by atoms with van der Waals surface area (Å²) < 4.78 is 16.4. The van der Waals surface area contributed by atoms with Crippen LogP contribution in [0.1, 0.15) is 26.7 Å². The summed E-state index contributed by atoms with van der Waals surface area (Å²) in [5.41, 5.74) is -0.841. The zero-order valence-corrected chi connectivity index (χ0v) is 9.69. The predicted octanol–water partition coefficient (Wildman–Crippen LogP) is 1.02. The Morgan fingerprint density at radius 3 is 2.38 bits per heavy atom. The number of hydrogen-bond acceptors (Lipinski definition) is 4. The summed E-state index contributed by atoms with van der Waals surface area (Å²) >= 11 is 0. The van der Waals surface area contributed by atoms with Gasteiger partial charge in [-0.25, -0.2) is 0 Å². The van der Waals surface area contributed by atoms with Gasteiger partial charge in [0, 0.05) is 13.2 Å². The summed E-state index contributed by atoms with van der Waals surface area (Å²) in [5.74, 6) is -1.48. The molecule has 0 aliphatic carbocycles. The number of carboxylic acids is 1. The van der Waals surface area contributed by atoms with Crippen LogP contribution in [-0.2, 0) is 19.0 Å². The van der Waals surface area contributed by atoms with Crippen LogP contribution in [0.25, 0.3) is 0 Å². The Bertz CT molecular complexity index is 280. The first-order chi connectivity index (χ1) is 7.46. The maximum absolute atomic E-state index is 11.5. The number of aliphatic carboxylic acids is 1. The first kappa shape index (κ1) is 11.8. The van der Waals surface area contributed by atoms with Crippen LogP contribution in [0.15, 0.2) is 0 Å². The van der Waals surface area contributed by atoms with E-state index in [1.165, 1.54) is 0 Å². The van der Waals surface area contributed by atoms with Crippen molar-refractivity contribution in [2.45, 2.75) is 38.6 Å². The fraction of sp³-hybridized carbons (Fsp3) is 0.909. The minimum atomic E-state index is -0.841. The predicted molar refractivity (Wildman–Crippen MR) is 55.0 cm³/mol. The average Bonchev–Trinajstić information content (AvgIpc) is 2.60. The molecule has 0 radical (unpaired) electrons. The van der Waals surface area contributed by atoms with E-state index in [-0.39, 0.29) is 6.10 Å². The molecule has 1 unspecified atom stereocenters. The molecule has 0 saturated carbocycles. The number of carbonyl (C=O) groups is 1. The van der Waals surface area contributed by atoms with E-state index in [0.717, 1.165) is 0 Å². The van der Waals surface area contributed by atoms with Gasteiger partial charge in [-0.3, -0.25) is 4.79 Å². The first-order valence-corrected chi connectivity index (χ1v) is 5.59. The Labute approximate surface area is 94.7 Å². The second kappa shape index (κ2) is 3.98. The summed E-state index contributed by atoms with van der Waals surface area (Å²) in [7, 11) is 0. The highest BCUT2D eigenvalue weighted by Crippen LogP contribution is 2.41. The van der Waals surface area contributed by atoms with Crippen molar-refractivity contribution in [3.63, 3.8) is 0 Å². The molecule has 5 nitrogen and oxygen atoms in total. The molecule has 0 spiro atoms. The van der Waals surface area contributed by atoms with Gasteiger partial charge in [0.05, 0.1) is 6.61 Å². The Balaban J connectivity index is 2.17. The Kier molecular flexibility index (Phi) is 2.94. The summed E-state index contributed by atoms with van der Waals surface area (Å²) in [6, 6.07) is 0. The van der Waals surface area contributed by atoms with Crippen molar-refractivity contribution < 1.29 is 24.1 Å². The van der Waals surface area contributed by atoms with Crippen LogP contribution in [0.4, 0.5) is 0 Å². The van der Waals surface area contributed by atoms with Gasteiger partial charge in [0.1, 0.15) is 11.5 Å². The third-order valence-electron chi connectivity index (χ3n) is 3.44. The maximum Gasteiger partial charge on any atom is 0.312 e. The molecule has 1 N–H and O–H groups in total. The van der Waals surface area contributed by atoms with E-state index in [1.807, 2.05) is 13.8 Å². The van der Waals surface area contributed by atoms with E-state index < -0.39 is 17.2 Å². The number of carboxylic acid groups (broad SMARTS) is 1. The summed E-state index contributed by atoms with van der Waals surface area (Å²) in [4.78, 5) is 11.5. The fourth-order valence-electron chi connectivity index (χ4n) is 2.37. The largest absolute Gasteiger partial charge is 0.481 e. The molecular weight excluding hydrogens is 212 g/mol. The molecule has 2 fully saturated rings. The lowest BCUT2D eigenvalue weighted by atomic mass is 9.75. The zero-order valence-electron chi connectivity index (χ0n) is 9.69. The molecule has 2 aliphatic rings. The Morgan fingerprint density at radius 2 is 1.94 bits per heavy atom. The molecule has 2 rings (SSSR count). The van der Waals surface area contributed by atoms with Crippen molar-refractivity contribution in [2.75, 3.05) is 19.8 Å². The van der Waals surface area contributed by atoms with Gasteiger partial charge in [-0.1, -0.05) is 0 Å². The fourth-order valence-corrected chi connectivity index (χ4v) is 2.37. The highest BCUT2D eigenvalue weighted by molar-refractivity contribution is 5.75. The molecule has 92 valence electrons. The van der Waals surface area contributed by atoms with Crippen molar-refractivity contribution in [3.8, 4) is 0 Å². The lowest BCUT2D eigenvalue weighted by molar-refractivity contribution is -0.183. The number of ether oxygens (including phenoxy) is 3. The van der Waals surface area contributed by atoms with Crippen LogP contribution in [0.2, 0.25) is 0 Å². The van der Waals surface area contributed by atoms with Crippen LogP contribution in [-0.4, -0.2) is 42.8 Å². The van der Waals surface area contributed by atoms with Gasteiger partial charge in [0.2, 0.25) is 0 Å². The van der Waals surface area contributed by atoms with Gasteiger partial charge in [-0.15, -0.1) is 0 Å². The van der Waals surface area contributed by atoms with Gasteiger partial charge in [0.15, 0.2) is 5.79 Å². The van der Waals surface area contributed by atoms with Crippen molar-refractivity contribution in [1.29, 1.82) is 0 Å². The van der Waals surface area contributed by atoms with Gasteiger partial charge in [-0.2, -0.15) is 0 Å². The maximum atomic E-state index is 11.5. The lowest BCUT2D eigenvalue weighted by Crippen LogP contribution is -2.48. The summed E-state index contributed by atoms with van der Waals surface area (Å²) in [5, 5.41) is 9.43. The van der Waals surface area contributed by atoms with Gasteiger partial charge in [0.25, 0.3) is 0 Å². The van der Waals surface area contributed by atoms with Crippen LogP contribution in [0.5, 0.6) is 0 Å². The van der Waals surface area contributed by atoms with E-state index in [1.54, 1.807) is 0 Å². The molecule has 0 aromatic heterocycles.